The number of hydrogen-bond donors (Lipinski definition) is 1. The molecule has 4 aromatic rings. The molecular weight excluding hydrogens is 636 g/mol. The Bertz CT molecular complexity index is 1880. The van der Waals surface area contributed by atoms with Crippen molar-refractivity contribution in [3.8, 4) is 28.1 Å². The van der Waals surface area contributed by atoms with Gasteiger partial charge in [0.25, 0.3) is 0 Å². The quantitative estimate of drug-likeness (QED) is 0.171. The number of amides is 1. The molecule has 1 atom stereocenters. The number of aromatic nitrogens is 2. The zero-order valence-corrected chi connectivity index (χ0v) is 29.0. The number of nitrogens with one attached hydrogen (secondary N) is 1. The average Bonchev–Trinajstić information content (AvgIpc) is 3.60. The Morgan fingerprint density at radius 1 is 1.12 bits per heavy atom. The Balaban J connectivity index is 0.00000151. The van der Waals surface area contributed by atoms with Gasteiger partial charge in [0.05, 0.1) is 24.6 Å². The van der Waals surface area contributed by atoms with Crippen molar-refractivity contribution in [1.29, 1.82) is 0 Å². The van der Waals surface area contributed by atoms with E-state index in [0.717, 1.165) is 56.0 Å². The minimum absolute atomic E-state index is 0.0992. The summed E-state index contributed by atoms with van der Waals surface area (Å²) in [4.78, 5) is 24.3. The molecule has 0 radical (unpaired) electrons. The highest BCUT2D eigenvalue weighted by atomic mass is 32.1. The van der Waals surface area contributed by atoms with Gasteiger partial charge in [0, 0.05) is 83.3 Å². The fourth-order valence-corrected chi connectivity index (χ4v) is 6.70. The molecule has 3 aromatic heterocycles. The highest BCUT2D eigenvalue weighted by Crippen LogP contribution is 2.44. The summed E-state index contributed by atoms with van der Waals surface area (Å²) in [6.07, 6.45) is 18.6. The number of rotatable bonds is 2. The Labute approximate surface area is 292 Å². The van der Waals surface area contributed by atoms with Crippen molar-refractivity contribution < 1.29 is 18.7 Å². The van der Waals surface area contributed by atoms with Crippen LogP contribution in [-0.2, 0) is 28.9 Å². The van der Waals surface area contributed by atoms with Crippen molar-refractivity contribution in [3.05, 3.63) is 126 Å². The van der Waals surface area contributed by atoms with Crippen molar-refractivity contribution in [2.45, 2.75) is 39.3 Å². The Morgan fingerprint density at radius 3 is 2.82 bits per heavy atom. The topological polar surface area (TPSA) is 76.6 Å². The van der Waals surface area contributed by atoms with Crippen LogP contribution >= 0.6 is 11.3 Å². The summed E-state index contributed by atoms with van der Waals surface area (Å²) in [5.74, 6) is -0.0608. The number of fused-ring (bicyclic) bond motifs is 3. The maximum atomic E-state index is 14.7. The van der Waals surface area contributed by atoms with E-state index in [1.165, 1.54) is 18.2 Å². The summed E-state index contributed by atoms with van der Waals surface area (Å²) in [7, 11) is 0. The number of allylic oxidation sites excluding steroid dienone is 4. The van der Waals surface area contributed by atoms with Crippen LogP contribution in [0.2, 0.25) is 0 Å². The van der Waals surface area contributed by atoms with E-state index in [1.54, 1.807) is 28.4 Å². The first-order chi connectivity index (χ1) is 23.9. The van der Waals surface area contributed by atoms with Crippen molar-refractivity contribution in [3.63, 3.8) is 0 Å². The fourth-order valence-electron chi connectivity index (χ4n) is 5.72. The highest BCUT2D eigenvalue weighted by Gasteiger charge is 2.24. The van der Waals surface area contributed by atoms with E-state index >= 15 is 0 Å². The molecule has 5 heterocycles. The summed E-state index contributed by atoms with van der Waals surface area (Å²) < 4.78 is 27.6. The van der Waals surface area contributed by atoms with Gasteiger partial charge in [0.15, 0.2) is 0 Å². The van der Waals surface area contributed by atoms with E-state index in [1.807, 2.05) is 25.3 Å². The minimum atomic E-state index is -0.385. The van der Waals surface area contributed by atoms with Gasteiger partial charge in [-0.05, 0) is 55.1 Å². The predicted molar refractivity (Wildman–Crippen MR) is 198 cm³/mol. The standard InChI is InChI=1S/C37H37FN4O3S.C3H6/c1-3-34(43)42-16-13-31-27(24-42)21-26(23-40-31)36-35-30-12-11-28(38)22-33(30)45-19-18-44-17-8-7-15-39-25(2)9-5-4-6-10-32(41-36)29-14-20-46-37(29)35;1-3-2/h3-9,11-12,14,20-23,25,39H,1,10,13,15-19,24H2,2H3;3H,1H2,2H3/b6-4-,8-7+,9-5-;. The number of ether oxygens (including phenoxy) is 2. The van der Waals surface area contributed by atoms with Gasteiger partial charge >= 0.3 is 0 Å². The molecule has 2 aliphatic heterocycles. The lowest BCUT2D eigenvalue weighted by atomic mass is 9.95. The summed E-state index contributed by atoms with van der Waals surface area (Å²) in [5, 5.41) is 6.54. The highest BCUT2D eigenvalue weighted by molar-refractivity contribution is 7.17. The summed E-state index contributed by atoms with van der Waals surface area (Å²) in [6.45, 7) is 13.9. The first-order valence-electron chi connectivity index (χ1n) is 16.5. The molecule has 254 valence electrons. The monoisotopic (exact) mass is 678 g/mol. The smallest absolute Gasteiger partial charge is 0.246 e. The molecular formula is C40H43FN4O3S. The predicted octanol–water partition coefficient (Wildman–Crippen LogP) is 8.03. The number of pyridine rings is 2. The number of halogens is 1. The molecule has 1 amide bonds. The number of nitrogens with zero attached hydrogens (tertiary/aromatic N) is 3. The van der Waals surface area contributed by atoms with E-state index in [0.29, 0.717) is 44.9 Å². The molecule has 0 saturated carbocycles. The average molecular weight is 679 g/mol. The third-order valence-corrected chi connectivity index (χ3v) is 9.01. The summed E-state index contributed by atoms with van der Waals surface area (Å²) in [5.41, 5.74) is 6.04. The fraction of sp³-hybridized carbons (Fsp3) is 0.275. The largest absolute Gasteiger partial charge is 0.490 e. The normalized spacial score (nSPS) is 18.8. The molecule has 6 rings (SSSR count). The molecule has 2 aliphatic rings. The second-order valence-corrected chi connectivity index (χ2v) is 12.6. The number of hydrogen-bond acceptors (Lipinski definition) is 7. The van der Waals surface area contributed by atoms with Crippen molar-refractivity contribution in [1.82, 2.24) is 20.2 Å². The third-order valence-electron chi connectivity index (χ3n) is 8.08. The lowest BCUT2D eigenvalue weighted by molar-refractivity contribution is -0.126. The van der Waals surface area contributed by atoms with Crippen molar-refractivity contribution >= 4 is 27.3 Å². The van der Waals surface area contributed by atoms with E-state index in [2.05, 4.69) is 67.2 Å². The second kappa shape index (κ2) is 17.6. The van der Waals surface area contributed by atoms with Gasteiger partial charge in [-0.2, -0.15) is 0 Å². The van der Waals surface area contributed by atoms with Crippen LogP contribution in [0.3, 0.4) is 0 Å². The molecule has 49 heavy (non-hydrogen) atoms. The summed E-state index contributed by atoms with van der Waals surface area (Å²) >= 11 is 1.62. The van der Waals surface area contributed by atoms with Gasteiger partial charge in [-0.3, -0.25) is 14.8 Å². The van der Waals surface area contributed by atoms with Crippen LogP contribution in [0.25, 0.3) is 32.5 Å². The molecule has 0 saturated heterocycles. The molecule has 1 N–H and O–H groups in total. The number of carbonyl (C=O) groups excluding carboxylic acids is 1. The zero-order valence-electron chi connectivity index (χ0n) is 28.2. The van der Waals surface area contributed by atoms with E-state index in [9.17, 15) is 9.18 Å². The second-order valence-electron chi connectivity index (χ2n) is 11.6. The SMILES string of the molecule is C=CC.C=CC(=O)N1CCc2ncc(-c3nc4c5ccsc5c3-c3ccc(F)cc3OCCOC/C=C/CNC(C)/C=C\C=C/C4)cc2C1. The first kappa shape index (κ1) is 35.6. The minimum Gasteiger partial charge on any atom is -0.490 e. The first-order valence-corrected chi connectivity index (χ1v) is 17.4. The van der Waals surface area contributed by atoms with Crippen LogP contribution in [0.1, 0.15) is 30.8 Å². The lowest BCUT2D eigenvalue weighted by Gasteiger charge is -2.27. The van der Waals surface area contributed by atoms with E-state index in [-0.39, 0.29) is 24.4 Å². The van der Waals surface area contributed by atoms with Crippen LogP contribution < -0.4 is 10.1 Å². The van der Waals surface area contributed by atoms with Crippen LogP contribution in [0.5, 0.6) is 5.75 Å². The van der Waals surface area contributed by atoms with E-state index < -0.39 is 0 Å². The zero-order chi connectivity index (χ0) is 34.6. The van der Waals surface area contributed by atoms with Gasteiger partial charge in [-0.25, -0.2) is 4.39 Å². The van der Waals surface area contributed by atoms with Gasteiger partial charge in [-0.1, -0.05) is 49.1 Å². The molecule has 2 bridgehead atoms. The van der Waals surface area contributed by atoms with E-state index in [4.69, 9.17) is 19.4 Å². The van der Waals surface area contributed by atoms with Crippen LogP contribution in [0.15, 0.2) is 104 Å². The van der Waals surface area contributed by atoms with Crippen molar-refractivity contribution in [2.75, 3.05) is 32.9 Å². The Hall–Kier alpha value is -4.70. The lowest BCUT2D eigenvalue weighted by Crippen LogP contribution is -2.35. The molecule has 0 aliphatic carbocycles. The maximum Gasteiger partial charge on any atom is 0.246 e. The van der Waals surface area contributed by atoms with Gasteiger partial charge in [0.1, 0.15) is 18.2 Å². The summed E-state index contributed by atoms with van der Waals surface area (Å²) in [6, 6.07) is 9.02. The molecule has 1 unspecified atom stereocenters. The molecule has 0 fully saturated rings. The molecule has 1 aromatic carbocycles. The van der Waals surface area contributed by atoms with Gasteiger partial charge in [-0.15, -0.1) is 17.9 Å². The molecule has 9 heteroatoms. The third kappa shape index (κ3) is 9.06. The molecule has 7 nitrogen and oxygen atoms in total. The number of benzene rings is 1. The Morgan fingerprint density at radius 2 is 1.98 bits per heavy atom. The van der Waals surface area contributed by atoms with Crippen LogP contribution in [-0.4, -0.2) is 59.7 Å². The number of carbonyl (C=O) groups is 1. The Kier molecular flexibility index (Phi) is 12.8. The maximum absolute atomic E-state index is 14.7. The van der Waals surface area contributed by atoms with Gasteiger partial charge < -0.3 is 19.7 Å². The molecule has 0 spiro atoms. The van der Waals surface area contributed by atoms with Crippen LogP contribution in [0.4, 0.5) is 4.39 Å². The van der Waals surface area contributed by atoms with Crippen molar-refractivity contribution in [2.24, 2.45) is 0 Å². The number of thiophene rings is 1. The van der Waals surface area contributed by atoms with Crippen LogP contribution in [0, 0.1) is 5.82 Å². The van der Waals surface area contributed by atoms with Gasteiger partial charge in [0.2, 0.25) is 5.91 Å².